The van der Waals surface area contributed by atoms with Gasteiger partial charge in [0, 0.05) is 12.5 Å². The maximum absolute atomic E-state index is 12.6. The van der Waals surface area contributed by atoms with Gasteiger partial charge in [-0.05, 0) is 19.3 Å². The average Bonchev–Trinajstić information content (AvgIpc) is 3.17. The number of aliphatic hydroxyl groups is 4. The smallest absolute Gasteiger partial charge is 0.331 e. The average molecular weight is 769 g/mol. The SMILES string of the molecule is CCCCCCCCCCCCC/C=C/C=C/C(=O)O[C@@H](COC(=O)CCCCCCCCCCCCCCCC)CO[C@H]1O[C@@H](CO)[C@@H](O)C(O)C1O. The van der Waals surface area contributed by atoms with Crippen molar-refractivity contribution in [3.05, 3.63) is 24.3 Å². The van der Waals surface area contributed by atoms with Crippen LogP contribution in [0.5, 0.6) is 0 Å². The summed E-state index contributed by atoms with van der Waals surface area (Å²) in [6, 6.07) is 0. The van der Waals surface area contributed by atoms with Gasteiger partial charge in [-0.3, -0.25) is 4.79 Å². The van der Waals surface area contributed by atoms with Crippen molar-refractivity contribution in [3.63, 3.8) is 0 Å². The fourth-order valence-electron chi connectivity index (χ4n) is 6.68. The molecule has 0 aromatic carbocycles. The van der Waals surface area contributed by atoms with Gasteiger partial charge in [0.2, 0.25) is 0 Å². The maximum atomic E-state index is 12.6. The number of allylic oxidation sites excluding steroid dienone is 3. The second-order valence-corrected chi connectivity index (χ2v) is 15.2. The van der Waals surface area contributed by atoms with E-state index in [1.807, 2.05) is 12.2 Å². The highest BCUT2D eigenvalue weighted by Crippen LogP contribution is 2.22. The zero-order valence-electron chi connectivity index (χ0n) is 34.2. The lowest BCUT2D eigenvalue weighted by molar-refractivity contribution is -0.305. The van der Waals surface area contributed by atoms with Gasteiger partial charge in [-0.25, -0.2) is 4.79 Å². The van der Waals surface area contributed by atoms with Gasteiger partial charge in [-0.2, -0.15) is 0 Å². The van der Waals surface area contributed by atoms with Crippen LogP contribution in [-0.2, 0) is 28.5 Å². The monoisotopic (exact) mass is 769 g/mol. The third-order valence-corrected chi connectivity index (χ3v) is 10.2. The summed E-state index contributed by atoms with van der Waals surface area (Å²) < 4.78 is 21.9. The van der Waals surface area contributed by atoms with Gasteiger partial charge in [-0.15, -0.1) is 0 Å². The molecule has 10 nitrogen and oxygen atoms in total. The van der Waals surface area contributed by atoms with Gasteiger partial charge >= 0.3 is 11.9 Å². The number of unbranched alkanes of at least 4 members (excludes halogenated alkanes) is 24. The van der Waals surface area contributed by atoms with Gasteiger partial charge in [-0.1, -0.05) is 180 Å². The Labute approximate surface area is 328 Å². The van der Waals surface area contributed by atoms with Crippen LogP contribution in [0.3, 0.4) is 0 Å². The zero-order valence-corrected chi connectivity index (χ0v) is 34.2. The van der Waals surface area contributed by atoms with Crippen molar-refractivity contribution in [2.75, 3.05) is 19.8 Å². The molecule has 0 aromatic rings. The first-order chi connectivity index (χ1) is 26.3. The number of ether oxygens (including phenoxy) is 4. The molecule has 0 amide bonds. The maximum Gasteiger partial charge on any atom is 0.331 e. The number of aliphatic hydroxyl groups excluding tert-OH is 4. The Balaban J connectivity index is 2.39. The van der Waals surface area contributed by atoms with Gasteiger partial charge in [0.25, 0.3) is 0 Å². The second-order valence-electron chi connectivity index (χ2n) is 15.2. The second kappa shape index (κ2) is 35.6. The van der Waals surface area contributed by atoms with E-state index in [0.29, 0.717) is 0 Å². The fraction of sp³-hybridized carbons (Fsp3) is 0.864. The number of carbonyl (C=O) groups is 2. The Morgan fingerprint density at radius 3 is 1.59 bits per heavy atom. The topological polar surface area (TPSA) is 152 Å². The largest absolute Gasteiger partial charge is 0.462 e. The van der Waals surface area contributed by atoms with Crippen LogP contribution in [0.25, 0.3) is 0 Å². The minimum absolute atomic E-state index is 0.260. The van der Waals surface area contributed by atoms with Crippen LogP contribution in [0.15, 0.2) is 24.3 Å². The van der Waals surface area contributed by atoms with Gasteiger partial charge in [0.15, 0.2) is 12.4 Å². The highest BCUT2D eigenvalue weighted by molar-refractivity contribution is 5.82. The third kappa shape index (κ3) is 26.9. The van der Waals surface area contributed by atoms with E-state index in [9.17, 15) is 30.0 Å². The molecule has 1 saturated heterocycles. The van der Waals surface area contributed by atoms with Crippen LogP contribution in [0.2, 0.25) is 0 Å². The lowest BCUT2D eigenvalue weighted by Crippen LogP contribution is -2.59. The highest BCUT2D eigenvalue weighted by Gasteiger charge is 2.44. The molecule has 0 aliphatic carbocycles. The molecule has 1 aliphatic heterocycles. The zero-order chi connectivity index (χ0) is 39.5. The molecule has 0 aromatic heterocycles. The number of hydrogen-bond acceptors (Lipinski definition) is 10. The third-order valence-electron chi connectivity index (χ3n) is 10.2. The molecule has 1 fully saturated rings. The van der Waals surface area contributed by atoms with Crippen molar-refractivity contribution < 1.29 is 49.0 Å². The van der Waals surface area contributed by atoms with Crippen LogP contribution in [0.4, 0.5) is 0 Å². The first-order valence-corrected chi connectivity index (χ1v) is 22.0. The number of rotatable bonds is 36. The summed E-state index contributed by atoms with van der Waals surface area (Å²) >= 11 is 0. The molecule has 1 rings (SSSR count). The van der Waals surface area contributed by atoms with E-state index >= 15 is 0 Å². The summed E-state index contributed by atoms with van der Waals surface area (Å²) in [5.41, 5.74) is 0. The minimum Gasteiger partial charge on any atom is -0.462 e. The molecular weight excluding hydrogens is 688 g/mol. The number of carbonyl (C=O) groups excluding carboxylic acids is 2. The van der Waals surface area contributed by atoms with Crippen molar-refractivity contribution in [1.29, 1.82) is 0 Å². The van der Waals surface area contributed by atoms with Crippen molar-refractivity contribution in [1.82, 2.24) is 0 Å². The predicted molar refractivity (Wildman–Crippen MR) is 215 cm³/mol. The Morgan fingerprint density at radius 1 is 0.611 bits per heavy atom. The molecule has 0 spiro atoms. The first kappa shape index (κ1) is 50.2. The number of esters is 2. The van der Waals surface area contributed by atoms with Crippen LogP contribution >= 0.6 is 0 Å². The van der Waals surface area contributed by atoms with Gasteiger partial charge in [0.05, 0.1) is 13.2 Å². The molecule has 54 heavy (non-hydrogen) atoms. The lowest BCUT2D eigenvalue weighted by atomic mass is 9.99. The summed E-state index contributed by atoms with van der Waals surface area (Å²) in [6.45, 7) is 3.32. The van der Waals surface area contributed by atoms with Crippen LogP contribution in [0.1, 0.15) is 187 Å². The molecule has 0 bridgehead atoms. The van der Waals surface area contributed by atoms with E-state index in [1.165, 1.54) is 141 Å². The predicted octanol–water partition coefficient (Wildman–Crippen LogP) is 8.94. The number of hydrogen-bond donors (Lipinski definition) is 4. The quantitative estimate of drug-likeness (QED) is 0.0210. The molecule has 1 aliphatic rings. The van der Waals surface area contributed by atoms with E-state index in [-0.39, 0.29) is 19.6 Å². The molecule has 2 unspecified atom stereocenters. The van der Waals surface area contributed by atoms with Crippen molar-refractivity contribution in [2.45, 2.75) is 224 Å². The van der Waals surface area contributed by atoms with E-state index in [0.717, 1.165) is 32.1 Å². The molecular formula is C44H80O10. The van der Waals surface area contributed by atoms with E-state index in [2.05, 4.69) is 13.8 Å². The van der Waals surface area contributed by atoms with Crippen LogP contribution in [-0.4, -0.2) is 89.0 Å². The lowest BCUT2D eigenvalue weighted by Gasteiger charge is -2.39. The summed E-state index contributed by atoms with van der Waals surface area (Å²) in [4.78, 5) is 25.2. The Bertz CT molecular complexity index is 938. The summed E-state index contributed by atoms with van der Waals surface area (Å²) in [5.74, 6) is -1.05. The van der Waals surface area contributed by atoms with E-state index in [4.69, 9.17) is 18.9 Å². The van der Waals surface area contributed by atoms with Crippen molar-refractivity contribution >= 4 is 11.9 Å². The van der Waals surface area contributed by atoms with Crippen molar-refractivity contribution in [2.24, 2.45) is 0 Å². The van der Waals surface area contributed by atoms with Gasteiger partial charge < -0.3 is 39.4 Å². The fourth-order valence-corrected chi connectivity index (χ4v) is 6.68. The van der Waals surface area contributed by atoms with Crippen molar-refractivity contribution in [3.8, 4) is 0 Å². The van der Waals surface area contributed by atoms with E-state index in [1.54, 1.807) is 6.08 Å². The highest BCUT2D eigenvalue weighted by atomic mass is 16.7. The normalized spacial score (nSPS) is 20.9. The molecule has 6 atom stereocenters. The standard InChI is InChI=1S/C44H80O10/c1-3-5-7-9-11-13-15-17-19-21-23-25-27-29-31-33-40(47)53-37(36-52-44-43(50)42(49)41(48)38(34-45)54-44)35-51-39(46)32-30-28-26-24-22-20-18-16-14-12-10-8-6-4-2/h27,29,31,33,37-38,41-45,48-50H,3-26,28,30,32,34-36H2,1-2H3/b29-27+,33-31+/t37-,38-,41+,42?,43?,44-/m0/s1. The molecule has 1 heterocycles. The molecule has 0 radical (unpaired) electrons. The molecule has 10 heteroatoms. The Morgan fingerprint density at radius 2 is 1.09 bits per heavy atom. The summed E-state index contributed by atoms with van der Waals surface area (Å²) in [5, 5.41) is 40.0. The Kier molecular flexibility index (Phi) is 33.1. The first-order valence-electron chi connectivity index (χ1n) is 22.0. The summed E-state index contributed by atoms with van der Waals surface area (Å²) in [7, 11) is 0. The van der Waals surface area contributed by atoms with Gasteiger partial charge in [0.1, 0.15) is 31.0 Å². The molecule has 0 saturated carbocycles. The Hall–Kier alpha value is -1.82. The minimum atomic E-state index is -1.61. The van der Waals surface area contributed by atoms with Crippen LogP contribution < -0.4 is 0 Å². The molecule has 4 N–H and O–H groups in total. The van der Waals surface area contributed by atoms with Crippen LogP contribution in [0, 0.1) is 0 Å². The molecule has 316 valence electrons. The summed E-state index contributed by atoms with van der Waals surface area (Å²) in [6.07, 6.45) is 31.0. The van der Waals surface area contributed by atoms with E-state index < -0.39 is 55.4 Å².